The fourth-order valence-electron chi connectivity index (χ4n) is 10.6. The van der Waals surface area contributed by atoms with Gasteiger partial charge in [0.05, 0.1) is 0 Å². The maximum atomic E-state index is 5.26. The van der Waals surface area contributed by atoms with Crippen LogP contribution in [0.4, 0.5) is 0 Å². The summed E-state index contributed by atoms with van der Waals surface area (Å²) in [4.78, 5) is 5.26. The van der Waals surface area contributed by atoms with E-state index in [0.29, 0.717) is 0 Å². The first-order chi connectivity index (χ1) is 33.7. The van der Waals surface area contributed by atoms with Crippen LogP contribution in [0.25, 0.3) is 99.4 Å². The van der Waals surface area contributed by atoms with Crippen LogP contribution in [0.1, 0.15) is 29.0 Å². The minimum Gasteiger partial charge on any atom is -0.350 e. The SMILES string of the molecule is c1ccc(-c2ccc(C3N=C(c4ccc(-c5cccc6c(-c7cccc(-c8ccc(-c9ccc%10c%11c(cccc9%11)-c9ccccc9-%10)cc8)c7)cccc56)cc4)N[C@@H](c4ccccc4)N3)cc2)cc1. The third kappa shape index (κ3) is 7.00. The lowest BCUT2D eigenvalue weighted by Crippen LogP contribution is -2.44. The molecule has 1 heterocycles. The third-order valence-corrected chi connectivity index (χ3v) is 14.0. The summed E-state index contributed by atoms with van der Waals surface area (Å²) >= 11 is 0. The van der Waals surface area contributed by atoms with E-state index in [1.165, 1.54) is 93.9 Å². The molecule has 0 saturated carbocycles. The van der Waals surface area contributed by atoms with Gasteiger partial charge in [0.1, 0.15) is 18.2 Å². The van der Waals surface area contributed by atoms with Gasteiger partial charge in [0.2, 0.25) is 0 Å². The van der Waals surface area contributed by atoms with Crippen molar-refractivity contribution < 1.29 is 0 Å². The van der Waals surface area contributed by atoms with E-state index in [-0.39, 0.29) is 12.3 Å². The second-order valence-corrected chi connectivity index (χ2v) is 17.9. The van der Waals surface area contributed by atoms with Crippen LogP contribution in [0.2, 0.25) is 0 Å². The summed E-state index contributed by atoms with van der Waals surface area (Å²) in [6, 6.07) is 90.2. The van der Waals surface area contributed by atoms with Crippen LogP contribution < -0.4 is 10.6 Å². The number of rotatable bonds is 8. The summed E-state index contributed by atoms with van der Waals surface area (Å²) in [6.07, 6.45) is -0.331. The van der Waals surface area contributed by atoms with Crippen molar-refractivity contribution in [2.45, 2.75) is 12.3 Å². The molecule has 0 spiro atoms. The molecule has 0 fully saturated rings. The van der Waals surface area contributed by atoms with Crippen molar-refractivity contribution in [2.24, 2.45) is 4.99 Å². The number of hydrogen-bond donors (Lipinski definition) is 2. The zero-order chi connectivity index (χ0) is 45.0. The zero-order valence-corrected chi connectivity index (χ0v) is 37.3. The Morgan fingerprint density at radius 2 is 0.721 bits per heavy atom. The summed E-state index contributed by atoms with van der Waals surface area (Å²) in [5.74, 6) is 0.864. The predicted molar refractivity (Wildman–Crippen MR) is 284 cm³/mol. The molecule has 320 valence electrons. The Morgan fingerprint density at radius 3 is 1.41 bits per heavy atom. The molecule has 0 aromatic heterocycles. The van der Waals surface area contributed by atoms with Gasteiger partial charge in [0.15, 0.2) is 0 Å². The molecule has 1 aliphatic carbocycles. The molecule has 13 rings (SSSR count). The standard InChI is InChI=1S/C65H45N3/c1-3-13-42(14-4-1)43-29-35-48(36-30-43)64-66-63(47-15-5-2-6-16-47)67-65(68-64)49-37-33-45(34-38-49)52-21-10-24-56-53(22-11-23-55(52)56)51-18-9-17-50(41-51)44-27-31-46(32-28-44)54-39-40-61-58-20-8-7-19-57(58)60-26-12-25-59(54)62(60)61/h1-41,63-64,66H,(H,67,68)/t63-,64?/m0/s1. The molecular formula is C65H45N3. The van der Waals surface area contributed by atoms with Crippen molar-refractivity contribution in [1.29, 1.82) is 0 Å². The average molecular weight is 868 g/mol. The van der Waals surface area contributed by atoms with Gasteiger partial charge in [-0.05, 0) is 117 Å². The molecule has 68 heavy (non-hydrogen) atoms. The van der Waals surface area contributed by atoms with Crippen LogP contribution in [-0.2, 0) is 0 Å². The second kappa shape index (κ2) is 16.7. The van der Waals surface area contributed by atoms with Crippen LogP contribution in [0.3, 0.4) is 0 Å². The minimum absolute atomic E-state index is 0.109. The average Bonchev–Trinajstić information content (AvgIpc) is 3.75. The lowest BCUT2D eigenvalue weighted by atomic mass is 9.91. The van der Waals surface area contributed by atoms with Crippen LogP contribution in [0, 0.1) is 0 Å². The Bertz CT molecular complexity index is 3680. The van der Waals surface area contributed by atoms with Gasteiger partial charge < -0.3 is 5.32 Å². The summed E-state index contributed by atoms with van der Waals surface area (Å²) < 4.78 is 0. The number of aliphatic imine (C=N–C) groups is 1. The molecule has 3 nitrogen and oxygen atoms in total. The molecule has 3 heteroatoms. The number of fused-ring (bicyclic) bond motifs is 4. The van der Waals surface area contributed by atoms with E-state index in [9.17, 15) is 0 Å². The van der Waals surface area contributed by atoms with E-state index in [1.54, 1.807) is 0 Å². The fraction of sp³-hybridized carbons (Fsp3) is 0.0308. The van der Waals surface area contributed by atoms with Crippen molar-refractivity contribution in [3.05, 3.63) is 265 Å². The van der Waals surface area contributed by atoms with Crippen molar-refractivity contribution in [1.82, 2.24) is 10.6 Å². The van der Waals surface area contributed by atoms with Crippen molar-refractivity contribution >= 4 is 27.4 Å². The van der Waals surface area contributed by atoms with Gasteiger partial charge in [-0.15, -0.1) is 0 Å². The first kappa shape index (κ1) is 39.7. The highest BCUT2D eigenvalue weighted by Crippen LogP contribution is 2.49. The predicted octanol–water partition coefficient (Wildman–Crippen LogP) is 16.3. The Labute approximate surface area is 396 Å². The largest absolute Gasteiger partial charge is 0.350 e. The third-order valence-electron chi connectivity index (χ3n) is 14.0. The van der Waals surface area contributed by atoms with E-state index in [4.69, 9.17) is 4.99 Å². The normalized spacial score (nSPS) is 14.9. The Kier molecular flexibility index (Phi) is 9.73. The first-order valence-corrected chi connectivity index (χ1v) is 23.5. The van der Waals surface area contributed by atoms with Gasteiger partial charge >= 0.3 is 0 Å². The first-order valence-electron chi connectivity index (χ1n) is 23.5. The Morgan fingerprint density at radius 1 is 0.279 bits per heavy atom. The Balaban J connectivity index is 0.787. The van der Waals surface area contributed by atoms with E-state index >= 15 is 0 Å². The number of nitrogens with zero attached hydrogens (tertiary/aromatic N) is 1. The van der Waals surface area contributed by atoms with Gasteiger partial charge in [-0.2, -0.15) is 0 Å². The molecule has 0 radical (unpaired) electrons. The fourth-order valence-corrected chi connectivity index (χ4v) is 10.6. The monoisotopic (exact) mass is 867 g/mol. The van der Waals surface area contributed by atoms with Crippen LogP contribution in [0.15, 0.2) is 254 Å². The van der Waals surface area contributed by atoms with Crippen molar-refractivity contribution in [3.63, 3.8) is 0 Å². The zero-order valence-electron chi connectivity index (χ0n) is 37.3. The molecule has 2 aliphatic rings. The maximum absolute atomic E-state index is 5.26. The van der Waals surface area contributed by atoms with Crippen molar-refractivity contribution in [3.8, 4) is 77.9 Å². The van der Waals surface area contributed by atoms with E-state index in [0.717, 1.165) is 28.1 Å². The molecule has 0 amide bonds. The highest BCUT2D eigenvalue weighted by Gasteiger charge is 2.26. The Hall–Kier alpha value is -8.63. The van der Waals surface area contributed by atoms with E-state index < -0.39 is 0 Å². The van der Waals surface area contributed by atoms with Crippen LogP contribution in [-0.4, -0.2) is 5.84 Å². The highest BCUT2D eigenvalue weighted by molar-refractivity contribution is 6.18. The molecule has 1 unspecified atom stereocenters. The summed E-state index contributed by atoms with van der Waals surface area (Å²) in [6.45, 7) is 0. The molecule has 11 aromatic rings. The number of nitrogens with one attached hydrogen (secondary N) is 2. The molecular weight excluding hydrogens is 823 g/mol. The number of amidine groups is 1. The highest BCUT2D eigenvalue weighted by atomic mass is 15.3. The lowest BCUT2D eigenvalue weighted by molar-refractivity contribution is 0.409. The van der Waals surface area contributed by atoms with Gasteiger partial charge in [0.25, 0.3) is 0 Å². The van der Waals surface area contributed by atoms with Crippen molar-refractivity contribution in [2.75, 3.05) is 0 Å². The lowest BCUT2D eigenvalue weighted by Gasteiger charge is -2.32. The molecule has 1 aliphatic heterocycles. The molecule has 2 atom stereocenters. The van der Waals surface area contributed by atoms with E-state index in [1.807, 2.05) is 0 Å². The van der Waals surface area contributed by atoms with Gasteiger partial charge in [-0.25, -0.2) is 4.99 Å². The summed E-state index contributed by atoms with van der Waals surface area (Å²) in [7, 11) is 0. The van der Waals surface area contributed by atoms with Gasteiger partial charge in [-0.3, -0.25) is 5.32 Å². The maximum Gasteiger partial charge on any atom is 0.131 e. The van der Waals surface area contributed by atoms with Gasteiger partial charge in [0, 0.05) is 5.56 Å². The molecule has 11 aromatic carbocycles. The van der Waals surface area contributed by atoms with E-state index in [2.05, 4.69) is 259 Å². The topological polar surface area (TPSA) is 36.4 Å². The van der Waals surface area contributed by atoms with Gasteiger partial charge in [-0.1, -0.05) is 243 Å². The smallest absolute Gasteiger partial charge is 0.131 e. The van der Waals surface area contributed by atoms with Crippen LogP contribution in [0.5, 0.6) is 0 Å². The second-order valence-electron chi connectivity index (χ2n) is 17.9. The summed E-state index contributed by atoms with van der Waals surface area (Å²) in [5.41, 5.74) is 20.7. The minimum atomic E-state index is -0.222. The molecule has 2 N–H and O–H groups in total. The molecule has 0 saturated heterocycles. The number of benzene rings is 11. The summed E-state index contributed by atoms with van der Waals surface area (Å²) in [5, 5.41) is 12.6. The molecule has 0 bridgehead atoms. The number of hydrogen-bond acceptors (Lipinski definition) is 3. The quantitative estimate of drug-likeness (QED) is 0.160. The van der Waals surface area contributed by atoms with Crippen LogP contribution >= 0.6 is 0 Å².